The molecule has 1 aromatic carbocycles. The van der Waals surface area contributed by atoms with Crippen LogP contribution in [-0.2, 0) is 37.2 Å². The normalized spacial score (nSPS) is 18.8. The van der Waals surface area contributed by atoms with Crippen molar-refractivity contribution in [2.45, 2.75) is 25.4 Å². The molecule has 18 heavy (non-hydrogen) atoms. The molecular formula is C13H16O5. The fourth-order valence-electron chi connectivity index (χ4n) is 1.76. The highest BCUT2D eigenvalue weighted by Crippen LogP contribution is 2.13. The first kappa shape index (κ1) is 13.0. The van der Waals surface area contributed by atoms with E-state index < -0.39 is 0 Å². The van der Waals surface area contributed by atoms with Gasteiger partial charge in [-0.25, -0.2) is 4.89 Å². The van der Waals surface area contributed by atoms with Gasteiger partial charge in [0.1, 0.15) is 12.7 Å². The Bertz CT molecular complexity index is 381. The van der Waals surface area contributed by atoms with E-state index in [1.807, 2.05) is 24.3 Å². The van der Waals surface area contributed by atoms with Gasteiger partial charge >= 0.3 is 5.97 Å². The first-order chi connectivity index (χ1) is 8.78. The molecule has 98 valence electrons. The Morgan fingerprint density at radius 3 is 2.67 bits per heavy atom. The molecule has 0 aliphatic carbocycles. The van der Waals surface area contributed by atoms with Crippen molar-refractivity contribution in [1.82, 2.24) is 0 Å². The molecule has 1 unspecified atom stereocenters. The Balaban J connectivity index is 1.82. The van der Waals surface area contributed by atoms with Crippen molar-refractivity contribution in [1.29, 1.82) is 0 Å². The van der Waals surface area contributed by atoms with Crippen molar-refractivity contribution in [3.05, 3.63) is 35.4 Å². The molecule has 1 heterocycles. The quantitative estimate of drug-likeness (QED) is 0.588. The maximum Gasteiger partial charge on any atom is 0.305 e. The lowest BCUT2D eigenvalue weighted by atomic mass is 10.0. The average Bonchev–Trinajstić information content (AvgIpc) is 2.90. The second-order valence-electron chi connectivity index (χ2n) is 4.17. The van der Waals surface area contributed by atoms with Crippen LogP contribution in [-0.4, -0.2) is 25.8 Å². The molecule has 1 atom stereocenters. The molecule has 0 radical (unpaired) electrons. The van der Waals surface area contributed by atoms with E-state index in [0.29, 0.717) is 19.4 Å². The molecule has 5 nitrogen and oxygen atoms in total. The van der Waals surface area contributed by atoms with Crippen LogP contribution < -0.4 is 0 Å². The van der Waals surface area contributed by atoms with Gasteiger partial charge < -0.3 is 4.74 Å². The summed E-state index contributed by atoms with van der Waals surface area (Å²) in [5, 5.41) is 4.38. The standard InChI is InChI=1S/C13H16O5/c1-15-13(14)7-6-10-2-4-11(5-3-10)8-12-9-16-18-17-12/h2-5,12H,6-9H2,1H3. The summed E-state index contributed by atoms with van der Waals surface area (Å²) in [7, 11) is 1.40. The average molecular weight is 252 g/mol. The first-order valence-electron chi connectivity index (χ1n) is 5.87. The first-order valence-corrected chi connectivity index (χ1v) is 5.87. The van der Waals surface area contributed by atoms with Gasteiger partial charge in [0.05, 0.1) is 7.11 Å². The summed E-state index contributed by atoms with van der Waals surface area (Å²) in [6.07, 6.45) is 1.80. The molecule has 0 amide bonds. The van der Waals surface area contributed by atoms with Crippen molar-refractivity contribution >= 4 is 5.97 Å². The highest BCUT2D eigenvalue weighted by Gasteiger charge is 2.19. The van der Waals surface area contributed by atoms with E-state index in [4.69, 9.17) is 4.89 Å². The van der Waals surface area contributed by atoms with Crippen LogP contribution >= 0.6 is 0 Å². The number of methoxy groups -OCH3 is 1. The number of carbonyl (C=O) groups is 1. The highest BCUT2D eigenvalue weighted by atomic mass is 17.5. The van der Waals surface area contributed by atoms with Gasteiger partial charge in [-0.05, 0) is 17.5 Å². The van der Waals surface area contributed by atoms with Crippen LogP contribution in [0.15, 0.2) is 24.3 Å². The Labute approximate surface area is 105 Å². The van der Waals surface area contributed by atoms with Gasteiger partial charge in [0.15, 0.2) is 0 Å². The predicted octanol–water partition coefficient (Wildman–Crippen LogP) is 1.60. The summed E-state index contributed by atoms with van der Waals surface area (Å²) in [5.74, 6) is -0.187. The number of aryl methyl sites for hydroxylation is 1. The summed E-state index contributed by atoms with van der Waals surface area (Å²) < 4.78 is 4.60. The zero-order valence-corrected chi connectivity index (χ0v) is 10.3. The van der Waals surface area contributed by atoms with E-state index in [2.05, 4.69) is 14.7 Å². The molecular weight excluding hydrogens is 236 g/mol. The molecule has 0 bridgehead atoms. The Hall–Kier alpha value is -1.43. The van der Waals surface area contributed by atoms with Gasteiger partial charge in [-0.1, -0.05) is 29.3 Å². The number of hydrogen-bond acceptors (Lipinski definition) is 5. The van der Waals surface area contributed by atoms with E-state index >= 15 is 0 Å². The Kier molecular flexibility index (Phi) is 4.69. The molecule has 0 saturated carbocycles. The third-order valence-electron chi connectivity index (χ3n) is 2.81. The van der Waals surface area contributed by atoms with Crippen LogP contribution in [0.25, 0.3) is 0 Å². The van der Waals surface area contributed by atoms with Crippen LogP contribution in [0.4, 0.5) is 0 Å². The van der Waals surface area contributed by atoms with Crippen LogP contribution in [0.5, 0.6) is 0 Å². The molecule has 0 N–H and O–H groups in total. The van der Waals surface area contributed by atoms with Gasteiger partial charge in [0, 0.05) is 12.8 Å². The minimum absolute atomic E-state index is 0.0501. The van der Waals surface area contributed by atoms with E-state index in [0.717, 1.165) is 17.5 Å². The second-order valence-corrected chi connectivity index (χ2v) is 4.17. The fraction of sp³-hybridized carbons (Fsp3) is 0.462. The van der Waals surface area contributed by atoms with E-state index in [1.54, 1.807) is 0 Å². The number of esters is 1. The van der Waals surface area contributed by atoms with E-state index in [1.165, 1.54) is 7.11 Å². The molecule has 2 rings (SSSR count). The molecule has 5 heteroatoms. The minimum Gasteiger partial charge on any atom is -0.469 e. The lowest BCUT2D eigenvalue weighted by molar-refractivity contribution is -0.460. The summed E-state index contributed by atoms with van der Waals surface area (Å²) in [5.41, 5.74) is 2.26. The van der Waals surface area contributed by atoms with Gasteiger partial charge in [-0.3, -0.25) is 4.79 Å². The van der Waals surface area contributed by atoms with Crippen molar-refractivity contribution in [3.63, 3.8) is 0 Å². The summed E-state index contributed by atoms with van der Waals surface area (Å²) in [6.45, 7) is 0.449. The molecule has 0 spiro atoms. The molecule has 0 aromatic heterocycles. The molecule has 1 aliphatic heterocycles. The van der Waals surface area contributed by atoms with Crippen molar-refractivity contribution in [2.24, 2.45) is 0 Å². The SMILES string of the molecule is COC(=O)CCc1ccc(CC2COOO2)cc1. The number of benzene rings is 1. The fourth-order valence-corrected chi connectivity index (χ4v) is 1.76. The predicted molar refractivity (Wildman–Crippen MR) is 62.4 cm³/mol. The van der Waals surface area contributed by atoms with Crippen LogP contribution in [0.1, 0.15) is 17.5 Å². The van der Waals surface area contributed by atoms with Gasteiger partial charge in [-0.2, -0.15) is 4.89 Å². The summed E-state index contributed by atoms with van der Waals surface area (Å²) >= 11 is 0. The molecule has 1 saturated heterocycles. The van der Waals surface area contributed by atoms with Crippen LogP contribution in [0.2, 0.25) is 0 Å². The van der Waals surface area contributed by atoms with E-state index in [9.17, 15) is 4.79 Å². The molecule has 1 aromatic rings. The second kappa shape index (κ2) is 6.49. The summed E-state index contributed by atoms with van der Waals surface area (Å²) in [6, 6.07) is 8.06. The number of carbonyl (C=O) groups excluding carboxylic acids is 1. The molecule has 1 aliphatic rings. The third-order valence-corrected chi connectivity index (χ3v) is 2.81. The monoisotopic (exact) mass is 252 g/mol. The van der Waals surface area contributed by atoms with Crippen molar-refractivity contribution < 1.29 is 24.3 Å². The zero-order valence-electron chi connectivity index (χ0n) is 10.3. The van der Waals surface area contributed by atoms with E-state index in [-0.39, 0.29) is 12.1 Å². The smallest absolute Gasteiger partial charge is 0.305 e. The lowest BCUT2D eigenvalue weighted by Gasteiger charge is -2.06. The van der Waals surface area contributed by atoms with Crippen molar-refractivity contribution in [3.8, 4) is 0 Å². The Morgan fingerprint density at radius 2 is 2.06 bits per heavy atom. The maximum absolute atomic E-state index is 11.0. The topological polar surface area (TPSA) is 54.0 Å². The lowest BCUT2D eigenvalue weighted by Crippen LogP contribution is -2.12. The highest BCUT2D eigenvalue weighted by molar-refractivity contribution is 5.69. The van der Waals surface area contributed by atoms with Gasteiger partial charge in [0.25, 0.3) is 0 Å². The summed E-state index contributed by atoms with van der Waals surface area (Å²) in [4.78, 5) is 20.6. The number of rotatable bonds is 5. The van der Waals surface area contributed by atoms with Crippen molar-refractivity contribution in [2.75, 3.05) is 13.7 Å². The molecule has 1 fully saturated rings. The third kappa shape index (κ3) is 3.80. The maximum atomic E-state index is 11.0. The number of ether oxygens (including phenoxy) is 1. The Morgan fingerprint density at radius 1 is 1.33 bits per heavy atom. The number of hydrogen-bond donors (Lipinski definition) is 0. The minimum atomic E-state index is -0.187. The zero-order chi connectivity index (χ0) is 12.8. The largest absolute Gasteiger partial charge is 0.469 e. The van der Waals surface area contributed by atoms with Crippen LogP contribution in [0.3, 0.4) is 0 Å². The van der Waals surface area contributed by atoms with Gasteiger partial charge in [0.2, 0.25) is 0 Å². The van der Waals surface area contributed by atoms with Crippen LogP contribution in [0, 0.1) is 0 Å². The van der Waals surface area contributed by atoms with Gasteiger partial charge in [-0.15, -0.1) is 0 Å².